The number of hydrogen-bond acceptors (Lipinski definition) is 2. The minimum Gasteiger partial charge on any atom is -0.463 e. The molecule has 12 heavy (non-hydrogen) atoms. The molecule has 1 heterocycles. The van der Waals surface area contributed by atoms with Gasteiger partial charge in [0.2, 0.25) is 0 Å². The lowest BCUT2D eigenvalue weighted by molar-refractivity contribution is 0.0970. The molecule has 0 atom stereocenters. The third-order valence-corrected chi connectivity index (χ3v) is 1.61. The van der Waals surface area contributed by atoms with Crippen LogP contribution in [0.5, 0.6) is 5.75 Å². The second-order valence-corrected chi connectivity index (χ2v) is 2.39. The Kier molecular flexibility index (Phi) is 1.55. The fourth-order valence-electron chi connectivity index (χ4n) is 1.05. The van der Waals surface area contributed by atoms with E-state index in [9.17, 15) is 4.79 Å². The van der Waals surface area contributed by atoms with Crippen molar-refractivity contribution in [3.63, 3.8) is 0 Å². The van der Waals surface area contributed by atoms with Crippen LogP contribution in [0.2, 0.25) is 0 Å². The molecule has 0 spiro atoms. The van der Waals surface area contributed by atoms with Gasteiger partial charge in [0.25, 0.3) is 5.91 Å². The molecule has 0 aliphatic carbocycles. The second-order valence-electron chi connectivity index (χ2n) is 2.39. The van der Waals surface area contributed by atoms with Crippen LogP contribution in [-0.4, -0.2) is 5.91 Å². The maximum absolute atomic E-state index is 11.3. The van der Waals surface area contributed by atoms with Crippen LogP contribution in [0, 0.1) is 0 Å². The number of nitrogens with one attached hydrogen (secondary N) is 1. The van der Waals surface area contributed by atoms with Crippen molar-refractivity contribution in [2.75, 3.05) is 0 Å². The molecule has 0 radical (unpaired) electrons. The van der Waals surface area contributed by atoms with Crippen molar-refractivity contribution >= 4 is 5.91 Å². The molecule has 1 aromatic rings. The molecule has 2 rings (SSSR count). The number of benzene rings is 1. The highest BCUT2D eigenvalue weighted by atomic mass is 16.5. The van der Waals surface area contributed by atoms with Crippen molar-refractivity contribution in [3.05, 3.63) is 42.3 Å². The molecule has 0 saturated heterocycles. The quantitative estimate of drug-likeness (QED) is 0.622. The molecule has 1 aliphatic heterocycles. The molecular formula is C9H7NO2. The first-order valence-corrected chi connectivity index (χ1v) is 3.59. The summed E-state index contributed by atoms with van der Waals surface area (Å²) < 4.78 is 5.15. The van der Waals surface area contributed by atoms with Gasteiger partial charge >= 0.3 is 0 Å². The number of carbonyl (C=O) groups excluding carboxylic acids is 1. The Morgan fingerprint density at radius 2 is 2.08 bits per heavy atom. The molecule has 1 amide bonds. The molecule has 0 aromatic heterocycles. The molecule has 0 fully saturated rings. The van der Waals surface area contributed by atoms with Crippen LogP contribution in [0.15, 0.2) is 36.7 Å². The Balaban J connectivity index is 2.52. The van der Waals surface area contributed by atoms with E-state index in [0.717, 1.165) is 0 Å². The standard InChI is InChI=1S/C9H7NO2/c11-9-7-3-1-2-4-8(7)12-6-5-10-9/h1-6H,(H,10,11). The number of hydrogen-bond donors (Lipinski definition) is 1. The lowest BCUT2D eigenvalue weighted by atomic mass is 10.2. The Labute approximate surface area is 69.7 Å². The molecule has 60 valence electrons. The number of carbonyl (C=O) groups is 1. The highest BCUT2D eigenvalue weighted by Crippen LogP contribution is 2.19. The minimum atomic E-state index is -0.139. The van der Waals surface area contributed by atoms with Crippen molar-refractivity contribution in [1.29, 1.82) is 0 Å². The monoisotopic (exact) mass is 161 g/mol. The Bertz CT molecular complexity index is 344. The highest BCUT2D eigenvalue weighted by Gasteiger charge is 2.11. The molecule has 1 N–H and O–H groups in total. The summed E-state index contributed by atoms with van der Waals surface area (Å²) in [6.07, 6.45) is 2.92. The van der Waals surface area contributed by atoms with Crippen molar-refractivity contribution < 1.29 is 9.53 Å². The van der Waals surface area contributed by atoms with E-state index in [1.165, 1.54) is 12.5 Å². The van der Waals surface area contributed by atoms with Crippen LogP contribution < -0.4 is 10.1 Å². The second kappa shape index (κ2) is 2.70. The van der Waals surface area contributed by atoms with Gasteiger partial charge in [0.05, 0.1) is 5.56 Å². The zero-order valence-corrected chi connectivity index (χ0v) is 6.28. The summed E-state index contributed by atoms with van der Waals surface area (Å²) in [5.41, 5.74) is 0.558. The van der Waals surface area contributed by atoms with Gasteiger partial charge in [-0.2, -0.15) is 0 Å². The van der Waals surface area contributed by atoms with Gasteiger partial charge in [0.1, 0.15) is 12.0 Å². The van der Waals surface area contributed by atoms with Crippen LogP contribution in [0.25, 0.3) is 0 Å². The van der Waals surface area contributed by atoms with Crippen LogP contribution in [0.3, 0.4) is 0 Å². The van der Waals surface area contributed by atoms with Crippen molar-refractivity contribution in [2.45, 2.75) is 0 Å². The van der Waals surface area contributed by atoms with Crippen molar-refractivity contribution in [2.24, 2.45) is 0 Å². The Morgan fingerprint density at radius 3 is 3.00 bits per heavy atom. The molecule has 1 aromatic carbocycles. The van der Waals surface area contributed by atoms with Gasteiger partial charge in [-0.05, 0) is 12.1 Å². The highest BCUT2D eigenvalue weighted by molar-refractivity contribution is 5.97. The molecule has 3 heteroatoms. The van der Waals surface area contributed by atoms with E-state index < -0.39 is 0 Å². The number of para-hydroxylation sites is 1. The van der Waals surface area contributed by atoms with Gasteiger partial charge in [-0.1, -0.05) is 12.1 Å². The predicted octanol–water partition coefficient (Wildman–Crippen LogP) is 1.28. The molecular weight excluding hydrogens is 154 g/mol. The van der Waals surface area contributed by atoms with E-state index in [1.807, 2.05) is 6.07 Å². The number of rotatable bonds is 0. The zero-order chi connectivity index (χ0) is 8.39. The van der Waals surface area contributed by atoms with E-state index in [2.05, 4.69) is 5.32 Å². The van der Waals surface area contributed by atoms with E-state index in [-0.39, 0.29) is 5.91 Å². The first kappa shape index (κ1) is 6.91. The summed E-state index contributed by atoms with van der Waals surface area (Å²) in [4.78, 5) is 11.3. The van der Waals surface area contributed by atoms with E-state index >= 15 is 0 Å². The van der Waals surface area contributed by atoms with E-state index in [4.69, 9.17) is 4.74 Å². The number of ether oxygens (including phenoxy) is 1. The predicted molar refractivity (Wildman–Crippen MR) is 43.7 cm³/mol. The topological polar surface area (TPSA) is 38.3 Å². The largest absolute Gasteiger partial charge is 0.463 e. The number of amides is 1. The first-order valence-electron chi connectivity index (χ1n) is 3.59. The summed E-state index contributed by atoms with van der Waals surface area (Å²) >= 11 is 0. The maximum Gasteiger partial charge on any atom is 0.259 e. The van der Waals surface area contributed by atoms with Gasteiger partial charge in [0.15, 0.2) is 0 Å². The SMILES string of the molecule is O=C1NC=COc2ccccc21. The summed E-state index contributed by atoms with van der Waals surface area (Å²) in [5, 5.41) is 2.56. The molecule has 0 unspecified atom stereocenters. The van der Waals surface area contributed by atoms with Gasteiger partial charge in [-0.25, -0.2) is 0 Å². The maximum atomic E-state index is 11.3. The van der Waals surface area contributed by atoms with Crippen LogP contribution >= 0.6 is 0 Å². The lowest BCUT2D eigenvalue weighted by Gasteiger charge is -2.01. The summed E-state index contributed by atoms with van der Waals surface area (Å²) in [6, 6.07) is 7.10. The zero-order valence-electron chi connectivity index (χ0n) is 6.28. The molecule has 3 nitrogen and oxygen atoms in total. The van der Waals surface area contributed by atoms with Crippen LogP contribution in [0.4, 0.5) is 0 Å². The van der Waals surface area contributed by atoms with Gasteiger partial charge in [-0.3, -0.25) is 4.79 Å². The molecule has 1 aliphatic rings. The average molecular weight is 161 g/mol. The fourth-order valence-corrected chi connectivity index (χ4v) is 1.05. The van der Waals surface area contributed by atoms with Gasteiger partial charge in [-0.15, -0.1) is 0 Å². The lowest BCUT2D eigenvalue weighted by Crippen LogP contribution is -2.15. The van der Waals surface area contributed by atoms with Gasteiger partial charge < -0.3 is 10.1 Å². The average Bonchev–Trinajstić information content (AvgIpc) is 2.29. The third-order valence-electron chi connectivity index (χ3n) is 1.61. The van der Waals surface area contributed by atoms with E-state index in [1.54, 1.807) is 18.2 Å². The van der Waals surface area contributed by atoms with Crippen LogP contribution in [-0.2, 0) is 0 Å². The van der Waals surface area contributed by atoms with Crippen molar-refractivity contribution in [3.8, 4) is 5.75 Å². The molecule has 0 bridgehead atoms. The van der Waals surface area contributed by atoms with Gasteiger partial charge in [0, 0.05) is 6.20 Å². The smallest absolute Gasteiger partial charge is 0.259 e. The van der Waals surface area contributed by atoms with Crippen molar-refractivity contribution in [1.82, 2.24) is 5.32 Å². The Hall–Kier alpha value is -1.77. The Morgan fingerprint density at radius 1 is 1.25 bits per heavy atom. The summed E-state index contributed by atoms with van der Waals surface area (Å²) in [7, 11) is 0. The third kappa shape index (κ3) is 1.05. The summed E-state index contributed by atoms with van der Waals surface area (Å²) in [5.74, 6) is 0.447. The minimum absolute atomic E-state index is 0.139. The van der Waals surface area contributed by atoms with E-state index in [0.29, 0.717) is 11.3 Å². The fraction of sp³-hybridized carbons (Fsp3) is 0. The molecule has 0 saturated carbocycles. The normalized spacial score (nSPS) is 14.2. The summed E-state index contributed by atoms with van der Waals surface area (Å²) in [6.45, 7) is 0. The number of fused-ring (bicyclic) bond motifs is 1. The first-order chi connectivity index (χ1) is 5.88. The van der Waals surface area contributed by atoms with Crippen LogP contribution in [0.1, 0.15) is 10.4 Å².